The normalized spacial score (nSPS) is 18.0. The van der Waals surface area contributed by atoms with Gasteiger partial charge in [-0.15, -0.1) is 0 Å². The number of H-pyrrole nitrogens is 1. The number of nitrogens with one attached hydrogen (secondary N) is 2. The van der Waals surface area contributed by atoms with Crippen LogP contribution in [-0.4, -0.2) is 117 Å². The Balaban J connectivity index is 0.988. The lowest BCUT2D eigenvalue weighted by Gasteiger charge is -2.39. The number of fused-ring (bicyclic) bond motifs is 1. The van der Waals surface area contributed by atoms with Crippen LogP contribution in [0.1, 0.15) is 67.4 Å². The molecule has 15 nitrogen and oxygen atoms in total. The largest absolute Gasteiger partial charge is 0.455 e. The van der Waals surface area contributed by atoms with Crippen LogP contribution in [0.3, 0.4) is 0 Å². The van der Waals surface area contributed by atoms with Crippen molar-refractivity contribution in [3.8, 4) is 11.5 Å². The minimum absolute atomic E-state index is 0.000643. The number of methoxy groups -OCH3 is 1. The number of pyridine rings is 1. The molecule has 5 aromatic rings. The molecule has 0 saturated carbocycles. The van der Waals surface area contributed by atoms with E-state index in [-0.39, 0.29) is 45.9 Å². The summed E-state index contributed by atoms with van der Waals surface area (Å²) in [6, 6.07) is 15.6. The number of nitro groups is 1. The molecule has 2 fully saturated rings. The second kappa shape index (κ2) is 20.8. The predicted molar refractivity (Wildman–Crippen MR) is 261 cm³/mol. The first kappa shape index (κ1) is 50.4. The zero-order valence-corrected chi connectivity index (χ0v) is 40.7. The number of Topliss-reactive ketones (excluding diaryl/α,β-unsaturated/α-hetero) is 1. The number of rotatable bonds is 16. The van der Waals surface area contributed by atoms with E-state index in [2.05, 4.69) is 38.9 Å². The smallest absolute Gasteiger partial charge is 0.416 e. The lowest BCUT2D eigenvalue weighted by molar-refractivity contribution is -0.384. The average Bonchev–Trinajstić information content (AvgIpc) is 3.79. The van der Waals surface area contributed by atoms with Gasteiger partial charge in [-0.3, -0.25) is 24.6 Å². The van der Waals surface area contributed by atoms with Gasteiger partial charge < -0.3 is 29.6 Å². The summed E-state index contributed by atoms with van der Waals surface area (Å²) in [7, 11) is -2.97. The Bertz CT molecular complexity index is 2940. The number of nitro benzene ring substituents is 1. The van der Waals surface area contributed by atoms with Gasteiger partial charge in [-0.25, -0.2) is 13.4 Å². The van der Waals surface area contributed by atoms with Crippen LogP contribution in [0.2, 0.25) is 5.02 Å². The van der Waals surface area contributed by atoms with E-state index < -0.39 is 48.6 Å². The number of amides is 1. The third-order valence-corrected chi connectivity index (χ3v) is 15.3. The van der Waals surface area contributed by atoms with E-state index in [1.54, 1.807) is 29.3 Å². The minimum atomic E-state index is -4.50. The molecule has 1 amide bonds. The number of hydrogen-bond acceptors (Lipinski definition) is 12. The minimum Gasteiger partial charge on any atom is -0.455 e. The van der Waals surface area contributed by atoms with Crippen molar-refractivity contribution in [3.63, 3.8) is 0 Å². The summed E-state index contributed by atoms with van der Waals surface area (Å²) in [5, 5.41) is 16.2. The molecule has 4 heterocycles. The van der Waals surface area contributed by atoms with E-state index in [0.717, 1.165) is 66.1 Å². The molecule has 2 N–H and O–H groups in total. The van der Waals surface area contributed by atoms with Crippen molar-refractivity contribution in [2.24, 2.45) is 11.3 Å². The first-order valence-corrected chi connectivity index (χ1v) is 25.2. The Morgan fingerprint density at radius 1 is 1.03 bits per heavy atom. The fraction of sp³-hybridized carbons (Fsp3) is 0.420. The number of anilines is 2. The van der Waals surface area contributed by atoms with Crippen LogP contribution in [0.15, 0.2) is 89.6 Å². The maximum atomic E-state index is 14.1. The highest BCUT2D eigenvalue weighted by atomic mass is 35.5. The predicted octanol–water partition coefficient (Wildman–Crippen LogP) is 9.68. The number of benzene rings is 3. The summed E-state index contributed by atoms with van der Waals surface area (Å²) in [6.45, 7) is 8.73. The summed E-state index contributed by atoms with van der Waals surface area (Å²) in [4.78, 5) is 51.3. The molecule has 1 atom stereocenters. The van der Waals surface area contributed by atoms with Gasteiger partial charge in [0.05, 0.1) is 27.1 Å². The van der Waals surface area contributed by atoms with Crippen LogP contribution in [0, 0.1) is 21.4 Å². The van der Waals surface area contributed by atoms with E-state index in [9.17, 15) is 41.3 Å². The van der Waals surface area contributed by atoms with Gasteiger partial charge in [-0.2, -0.15) is 13.2 Å². The third-order valence-electron chi connectivity index (χ3n) is 13.4. The number of piperidine rings is 1. The molecule has 0 bridgehead atoms. The van der Waals surface area contributed by atoms with E-state index >= 15 is 0 Å². The molecule has 1 aliphatic carbocycles. The number of hydrogen-bond donors (Lipinski definition) is 2. The first-order valence-electron chi connectivity index (χ1n) is 23.1. The fourth-order valence-electron chi connectivity index (χ4n) is 9.55. The van der Waals surface area contributed by atoms with Crippen LogP contribution in [0.5, 0.6) is 11.5 Å². The molecule has 0 radical (unpaired) electrons. The number of piperazine rings is 1. The van der Waals surface area contributed by atoms with Crippen LogP contribution < -0.4 is 15.0 Å². The summed E-state index contributed by atoms with van der Waals surface area (Å²) >= 11 is 6.54. The topological polar surface area (TPSA) is 180 Å². The molecule has 20 heteroatoms. The van der Waals surface area contributed by atoms with E-state index in [1.807, 2.05) is 6.07 Å². The van der Waals surface area contributed by atoms with E-state index in [0.29, 0.717) is 75.7 Å². The number of ether oxygens (including phenoxy) is 2. The van der Waals surface area contributed by atoms with Crippen molar-refractivity contribution in [1.29, 1.82) is 0 Å². The number of carbonyl (C=O) groups is 2. The maximum Gasteiger partial charge on any atom is 0.416 e. The van der Waals surface area contributed by atoms with Crippen LogP contribution in [0.4, 0.5) is 30.2 Å². The summed E-state index contributed by atoms with van der Waals surface area (Å²) < 4.78 is 79.7. The van der Waals surface area contributed by atoms with Gasteiger partial charge in [0, 0.05) is 93.9 Å². The molecule has 1 unspecified atom stereocenters. The molecular weight excluding hydrogens is 951 g/mol. The second-order valence-electron chi connectivity index (χ2n) is 19.0. The average molecular weight is 1010 g/mol. The number of carbonyl (C=O) groups excluding carboxylic acids is 2. The fourth-order valence-corrected chi connectivity index (χ4v) is 11.1. The highest BCUT2D eigenvalue weighted by Crippen LogP contribution is 2.46. The lowest BCUT2D eigenvalue weighted by atomic mass is 9.72. The molecule has 70 heavy (non-hydrogen) atoms. The highest BCUT2D eigenvalue weighted by molar-refractivity contribution is 7.92. The SMILES string of the molecule is COCC(=O)N1CCCC(CNc2ccc(S(=O)(=O)CC(=O)c3ccc(N4CCN(CC5=C(c6ccc(C(F)(F)F)cc6Cl)CC(C)(C)CC5)CC4)cc3Oc3cnc4[nH]ccc4c3)cc2[N+](=O)[O-])C1. The highest BCUT2D eigenvalue weighted by Gasteiger charge is 2.34. The Morgan fingerprint density at radius 2 is 1.81 bits per heavy atom. The summed E-state index contributed by atoms with van der Waals surface area (Å²) in [6.07, 6.45) is 2.66. The molecule has 3 aromatic carbocycles. The molecule has 0 spiro atoms. The van der Waals surface area contributed by atoms with Crippen molar-refractivity contribution in [2.75, 3.05) is 82.0 Å². The molecule has 8 rings (SSSR count). The van der Waals surface area contributed by atoms with Crippen molar-refractivity contribution >= 4 is 66.8 Å². The molecule has 2 aliphatic heterocycles. The second-order valence-corrected chi connectivity index (χ2v) is 21.4. The number of allylic oxidation sites excluding steroid dienone is 1. The number of aromatic amines is 1. The molecule has 2 saturated heterocycles. The Kier molecular flexibility index (Phi) is 14.9. The Morgan fingerprint density at radius 3 is 2.54 bits per heavy atom. The zero-order valence-electron chi connectivity index (χ0n) is 39.1. The molecular formula is C50H55ClF3N7O8S. The van der Waals surface area contributed by atoms with Crippen molar-refractivity contribution in [2.45, 2.75) is 57.0 Å². The molecule has 2 aromatic heterocycles. The standard InChI is InChI=1S/C50H55ClF3N7O8S/c1-49(2)14-12-34(41(25-49)39-9-6-35(22-42(39)51)50(52,53)54)29-58-17-19-59(20-18-58)36-7-10-40(46(23-36)69-37-21-33-13-15-55-48(33)57-27-37)45(62)31-70(66,67)38-8-11-43(44(24-38)61(64)65)56-26-32-5-4-16-60(28-32)47(63)30-68-3/h6-11,13,15,21-24,27,32,56H,4-5,12,14,16-20,25-26,28-31H2,1-3H3,(H,55,57). The molecule has 3 aliphatic rings. The third kappa shape index (κ3) is 11.8. The van der Waals surface area contributed by atoms with Gasteiger partial charge in [-0.05, 0) is 103 Å². The first-order chi connectivity index (χ1) is 33.3. The van der Waals surface area contributed by atoms with Crippen molar-refractivity contribution < 1.29 is 45.6 Å². The molecule has 372 valence electrons. The van der Waals surface area contributed by atoms with Crippen molar-refractivity contribution in [1.82, 2.24) is 19.8 Å². The summed E-state index contributed by atoms with van der Waals surface area (Å²) in [5.74, 6) is -1.52. The maximum absolute atomic E-state index is 14.1. The number of sulfone groups is 1. The lowest BCUT2D eigenvalue weighted by Crippen LogP contribution is -2.47. The number of alkyl halides is 3. The Labute approximate surface area is 409 Å². The van der Waals surface area contributed by atoms with Crippen molar-refractivity contribution in [3.05, 3.63) is 117 Å². The van der Waals surface area contributed by atoms with Gasteiger partial charge in [0.2, 0.25) is 5.91 Å². The van der Waals surface area contributed by atoms with Crippen LogP contribution in [0.25, 0.3) is 16.6 Å². The number of likely N-dealkylation sites (tertiary alicyclic amines) is 1. The number of halogens is 4. The van der Waals surface area contributed by atoms with Gasteiger partial charge in [0.1, 0.15) is 35.2 Å². The number of ketones is 1. The summed E-state index contributed by atoms with van der Waals surface area (Å²) in [5.41, 5.74) is 2.89. The van der Waals surface area contributed by atoms with Crippen LogP contribution in [-0.2, 0) is 25.5 Å². The quantitative estimate of drug-likeness (QED) is 0.0544. The Hall–Kier alpha value is -6.02. The van der Waals surface area contributed by atoms with E-state index in [1.165, 1.54) is 37.6 Å². The zero-order chi connectivity index (χ0) is 50.0. The number of nitrogens with zero attached hydrogens (tertiary/aromatic N) is 5. The van der Waals surface area contributed by atoms with Gasteiger partial charge >= 0.3 is 6.18 Å². The number of aromatic nitrogens is 2. The van der Waals surface area contributed by atoms with Crippen LogP contribution >= 0.6 is 11.6 Å². The van der Waals surface area contributed by atoms with E-state index in [4.69, 9.17) is 21.1 Å². The monoisotopic (exact) mass is 1010 g/mol. The van der Waals surface area contributed by atoms with Gasteiger partial charge in [0.25, 0.3) is 5.69 Å². The van der Waals surface area contributed by atoms with Gasteiger partial charge in [0.15, 0.2) is 15.6 Å². The van der Waals surface area contributed by atoms with Gasteiger partial charge in [-0.1, -0.05) is 37.1 Å².